The summed E-state index contributed by atoms with van der Waals surface area (Å²) in [4.78, 5) is 0. The van der Waals surface area contributed by atoms with Crippen LogP contribution in [-0.4, -0.2) is 29.4 Å². The summed E-state index contributed by atoms with van der Waals surface area (Å²) >= 11 is 0. The Bertz CT molecular complexity index is 347. The van der Waals surface area contributed by atoms with Crippen LogP contribution >= 0.6 is 0 Å². The smallest absolute Gasteiger partial charge is 0.748 e. The third-order valence-corrected chi connectivity index (χ3v) is 5.54. The van der Waals surface area contributed by atoms with Gasteiger partial charge in [0.1, 0.15) is 0 Å². The fourth-order valence-corrected chi connectivity index (χ4v) is 3.62. The van der Waals surface area contributed by atoms with Crippen molar-refractivity contribution in [3.63, 3.8) is 0 Å². The average molecular weight is 359 g/mol. The second kappa shape index (κ2) is 16.3. The summed E-state index contributed by atoms with van der Waals surface area (Å²) in [5.74, 6) is 0. The zero-order valence-corrected chi connectivity index (χ0v) is 18.2. The normalized spacial score (nSPS) is 14.3. The van der Waals surface area contributed by atoms with Crippen LogP contribution in [0.2, 0.25) is 0 Å². The second-order valence-electron chi connectivity index (χ2n) is 6.40. The standard InChI is InChI=1S/C17H36O4S.Na/c1-3-5-7-9-11-13-17(22(19,20)21)15-14-16(18)12-10-8-6-4-2;/h16-18H,3-15H2,1-2H3,(H,19,20,21);/q;+1/p-1. The first-order valence-electron chi connectivity index (χ1n) is 9.04. The summed E-state index contributed by atoms with van der Waals surface area (Å²) in [5.41, 5.74) is 0. The zero-order valence-electron chi connectivity index (χ0n) is 15.4. The Balaban J connectivity index is 0. The van der Waals surface area contributed by atoms with Gasteiger partial charge >= 0.3 is 29.6 Å². The van der Waals surface area contributed by atoms with Crippen molar-refractivity contribution >= 4 is 10.1 Å². The molecule has 0 spiro atoms. The van der Waals surface area contributed by atoms with Crippen molar-refractivity contribution in [2.75, 3.05) is 0 Å². The van der Waals surface area contributed by atoms with E-state index in [1.807, 2.05) is 0 Å². The van der Waals surface area contributed by atoms with Crippen LogP contribution in [0.4, 0.5) is 0 Å². The number of aliphatic hydroxyl groups excluding tert-OH is 1. The van der Waals surface area contributed by atoms with E-state index >= 15 is 0 Å². The van der Waals surface area contributed by atoms with Crippen LogP contribution in [0.5, 0.6) is 0 Å². The molecule has 0 aromatic rings. The van der Waals surface area contributed by atoms with Gasteiger partial charge in [0, 0.05) is 5.25 Å². The molecule has 4 nitrogen and oxygen atoms in total. The minimum atomic E-state index is -4.24. The first kappa shape index (κ1) is 26.1. The van der Waals surface area contributed by atoms with E-state index in [1.165, 1.54) is 6.42 Å². The number of rotatable bonds is 15. The maximum atomic E-state index is 11.3. The number of unbranched alkanes of at least 4 members (excludes halogenated alkanes) is 7. The Morgan fingerprint density at radius 2 is 1.26 bits per heavy atom. The Hall–Kier alpha value is 0.870. The van der Waals surface area contributed by atoms with Crippen molar-refractivity contribution in [3.8, 4) is 0 Å². The molecular formula is C17H35NaO4S. The maximum Gasteiger partial charge on any atom is 1.00 e. The van der Waals surface area contributed by atoms with Crippen LogP contribution in [-0.2, 0) is 10.1 Å². The van der Waals surface area contributed by atoms with Crippen LogP contribution in [0.15, 0.2) is 0 Å². The van der Waals surface area contributed by atoms with Crippen LogP contribution in [0, 0.1) is 0 Å². The molecule has 2 unspecified atom stereocenters. The Labute approximate surface area is 165 Å². The second-order valence-corrected chi connectivity index (χ2v) is 8.05. The van der Waals surface area contributed by atoms with E-state index in [9.17, 15) is 18.1 Å². The summed E-state index contributed by atoms with van der Waals surface area (Å²) in [6.45, 7) is 4.27. The van der Waals surface area contributed by atoms with Crippen LogP contribution < -0.4 is 29.6 Å². The SMILES string of the molecule is CCCCCCCC(CCC(O)CCCCCC)S(=O)(=O)[O-].[Na+]. The van der Waals surface area contributed by atoms with Gasteiger partial charge in [-0.2, -0.15) is 0 Å². The Morgan fingerprint density at radius 1 is 0.783 bits per heavy atom. The van der Waals surface area contributed by atoms with E-state index in [1.54, 1.807) is 0 Å². The van der Waals surface area contributed by atoms with Crippen LogP contribution in [0.25, 0.3) is 0 Å². The molecule has 0 aliphatic carbocycles. The Morgan fingerprint density at radius 3 is 1.78 bits per heavy atom. The molecule has 0 amide bonds. The van der Waals surface area contributed by atoms with Gasteiger partial charge < -0.3 is 9.66 Å². The quantitative estimate of drug-likeness (QED) is 0.272. The summed E-state index contributed by atoms with van der Waals surface area (Å²) in [7, 11) is -4.24. The molecule has 0 aliphatic rings. The average Bonchev–Trinajstić information content (AvgIpc) is 2.45. The monoisotopic (exact) mass is 358 g/mol. The third kappa shape index (κ3) is 16.1. The predicted molar refractivity (Wildman–Crippen MR) is 90.9 cm³/mol. The van der Waals surface area contributed by atoms with Crippen molar-refractivity contribution in [1.82, 2.24) is 0 Å². The molecule has 0 bridgehead atoms. The van der Waals surface area contributed by atoms with E-state index in [2.05, 4.69) is 13.8 Å². The van der Waals surface area contributed by atoms with Gasteiger partial charge in [0.05, 0.1) is 16.2 Å². The van der Waals surface area contributed by atoms with Gasteiger partial charge in [0.2, 0.25) is 0 Å². The summed E-state index contributed by atoms with van der Waals surface area (Å²) < 4.78 is 34.0. The fraction of sp³-hybridized carbons (Fsp3) is 1.00. The minimum absolute atomic E-state index is 0. The minimum Gasteiger partial charge on any atom is -0.748 e. The molecule has 0 rings (SSSR count). The first-order valence-corrected chi connectivity index (χ1v) is 10.5. The molecule has 0 saturated heterocycles. The number of aliphatic hydroxyl groups is 1. The third-order valence-electron chi connectivity index (χ3n) is 4.25. The van der Waals surface area contributed by atoms with E-state index in [0.29, 0.717) is 25.7 Å². The van der Waals surface area contributed by atoms with Gasteiger partial charge in [-0.3, -0.25) is 0 Å². The molecule has 0 heterocycles. The van der Waals surface area contributed by atoms with Crippen LogP contribution in [0.1, 0.15) is 97.3 Å². The van der Waals surface area contributed by atoms with Gasteiger partial charge in [-0.25, -0.2) is 8.42 Å². The summed E-state index contributed by atoms with van der Waals surface area (Å²) in [5, 5.41) is 9.09. The summed E-state index contributed by atoms with van der Waals surface area (Å²) in [6, 6.07) is 0. The molecule has 0 radical (unpaired) electrons. The van der Waals surface area contributed by atoms with E-state index < -0.39 is 21.5 Å². The van der Waals surface area contributed by atoms with Crippen LogP contribution in [0.3, 0.4) is 0 Å². The van der Waals surface area contributed by atoms with E-state index in [0.717, 1.165) is 51.4 Å². The first-order chi connectivity index (χ1) is 10.4. The molecular weight excluding hydrogens is 323 g/mol. The van der Waals surface area contributed by atoms with Crippen molar-refractivity contribution in [2.24, 2.45) is 0 Å². The maximum absolute atomic E-state index is 11.3. The topological polar surface area (TPSA) is 77.4 Å². The molecule has 1 N–H and O–H groups in total. The predicted octanol–water partition coefficient (Wildman–Crippen LogP) is 1.38. The van der Waals surface area contributed by atoms with E-state index in [-0.39, 0.29) is 29.6 Å². The van der Waals surface area contributed by atoms with Crippen molar-refractivity contribution in [1.29, 1.82) is 0 Å². The zero-order chi connectivity index (χ0) is 16.8. The molecule has 2 atom stereocenters. The molecule has 0 aliphatic heterocycles. The molecule has 0 saturated carbocycles. The molecule has 0 fully saturated rings. The van der Waals surface area contributed by atoms with Crippen molar-refractivity contribution < 1.29 is 47.6 Å². The van der Waals surface area contributed by atoms with Gasteiger partial charge in [-0.1, -0.05) is 71.6 Å². The largest absolute Gasteiger partial charge is 1.00 e. The number of hydrogen-bond donors (Lipinski definition) is 1. The van der Waals surface area contributed by atoms with Gasteiger partial charge in [0.15, 0.2) is 0 Å². The van der Waals surface area contributed by atoms with Crippen molar-refractivity contribution in [2.45, 2.75) is 109 Å². The van der Waals surface area contributed by atoms with Gasteiger partial charge in [0.25, 0.3) is 0 Å². The molecule has 0 aromatic heterocycles. The Kier molecular flexibility index (Phi) is 18.5. The van der Waals surface area contributed by atoms with Gasteiger partial charge in [-0.05, 0) is 25.7 Å². The molecule has 0 aromatic carbocycles. The summed E-state index contributed by atoms with van der Waals surface area (Å²) in [6.07, 6.45) is 11.0. The van der Waals surface area contributed by atoms with Gasteiger partial charge in [-0.15, -0.1) is 0 Å². The fourth-order valence-electron chi connectivity index (χ4n) is 2.74. The van der Waals surface area contributed by atoms with E-state index in [4.69, 9.17) is 0 Å². The number of hydrogen-bond acceptors (Lipinski definition) is 4. The molecule has 6 heteroatoms. The van der Waals surface area contributed by atoms with Crippen molar-refractivity contribution in [3.05, 3.63) is 0 Å². The molecule has 23 heavy (non-hydrogen) atoms. The molecule has 134 valence electrons.